The van der Waals surface area contributed by atoms with Crippen LogP contribution >= 0.6 is 0 Å². The van der Waals surface area contributed by atoms with Gasteiger partial charge in [0.15, 0.2) is 6.29 Å². The molecule has 0 spiro atoms. The van der Waals surface area contributed by atoms with Crippen molar-refractivity contribution in [3.8, 4) is 0 Å². The molecule has 10 heavy (non-hydrogen) atoms. The molecule has 4 nitrogen and oxygen atoms in total. The van der Waals surface area contributed by atoms with Gasteiger partial charge in [0, 0.05) is 12.4 Å². The Morgan fingerprint density at radius 2 is 2.40 bits per heavy atom. The van der Waals surface area contributed by atoms with Crippen molar-refractivity contribution in [2.75, 3.05) is 6.54 Å². The van der Waals surface area contributed by atoms with Crippen LogP contribution in [0.1, 0.15) is 0 Å². The van der Waals surface area contributed by atoms with Gasteiger partial charge in [-0.3, -0.25) is 14.6 Å². The molecule has 1 amide bonds. The van der Waals surface area contributed by atoms with Gasteiger partial charge < -0.3 is 4.90 Å². The van der Waals surface area contributed by atoms with Gasteiger partial charge in [-0.25, -0.2) is 0 Å². The lowest BCUT2D eigenvalue weighted by molar-refractivity contribution is -0.115. The Morgan fingerprint density at radius 3 is 3.00 bits per heavy atom. The smallest absolute Gasteiger partial charge is 0.214 e. The molecule has 1 rings (SSSR count). The first-order chi connectivity index (χ1) is 4.86. The van der Waals surface area contributed by atoms with Crippen LogP contribution in [0.15, 0.2) is 16.9 Å². The summed E-state index contributed by atoms with van der Waals surface area (Å²) >= 11 is 0. The number of hydrogen-bond acceptors (Lipinski definition) is 3. The van der Waals surface area contributed by atoms with Crippen LogP contribution in [0.3, 0.4) is 0 Å². The van der Waals surface area contributed by atoms with Crippen molar-refractivity contribution in [2.24, 2.45) is 4.99 Å². The van der Waals surface area contributed by atoms with E-state index < -0.39 is 0 Å². The molecular formula is C6H6N2O2. The molecular weight excluding hydrogens is 132 g/mol. The molecule has 4 heteroatoms. The Kier molecular flexibility index (Phi) is 1.94. The molecule has 0 N–H and O–H groups in total. The number of carbonyl (C=O) groups is 2. The van der Waals surface area contributed by atoms with Gasteiger partial charge in [-0.05, 0) is 0 Å². The second-order valence-corrected chi connectivity index (χ2v) is 1.79. The van der Waals surface area contributed by atoms with Crippen molar-refractivity contribution in [3.63, 3.8) is 0 Å². The molecule has 0 aromatic rings. The van der Waals surface area contributed by atoms with Crippen molar-refractivity contribution in [2.45, 2.75) is 0 Å². The molecule has 0 radical (unpaired) electrons. The molecule has 0 aromatic heterocycles. The third-order valence-electron chi connectivity index (χ3n) is 1.09. The first-order valence-corrected chi connectivity index (χ1v) is 2.77. The Morgan fingerprint density at radius 1 is 1.60 bits per heavy atom. The van der Waals surface area contributed by atoms with E-state index in [0.29, 0.717) is 19.2 Å². The zero-order valence-electron chi connectivity index (χ0n) is 5.23. The van der Waals surface area contributed by atoms with E-state index in [1.54, 1.807) is 0 Å². The quantitative estimate of drug-likeness (QED) is 0.486. The predicted octanol–water partition coefficient (Wildman–Crippen LogP) is -0.431. The standard InChI is InChI=1S/C6H6N2O2/c9-4-6-3-8(5-10)2-1-7-6/h1,3-5H,2H2. The summed E-state index contributed by atoms with van der Waals surface area (Å²) in [7, 11) is 0. The maximum atomic E-state index is 10.1. The predicted molar refractivity (Wildman–Crippen MR) is 35.4 cm³/mol. The van der Waals surface area contributed by atoms with Crippen LogP contribution in [-0.2, 0) is 9.59 Å². The lowest BCUT2D eigenvalue weighted by Gasteiger charge is -2.11. The summed E-state index contributed by atoms with van der Waals surface area (Å²) in [5.74, 6) is 0. The van der Waals surface area contributed by atoms with Crippen molar-refractivity contribution in [1.82, 2.24) is 4.90 Å². The highest BCUT2D eigenvalue weighted by Gasteiger charge is 2.02. The number of amides is 1. The number of carbonyl (C=O) groups excluding carboxylic acids is 2. The minimum absolute atomic E-state index is 0.276. The SMILES string of the molecule is O=CC1=CN(C=O)CC=N1. The van der Waals surface area contributed by atoms with E-state index in [4.69, 9.17) is 0 Å². The van der Waals surface area contributed by atoms with Crippen LogP contribution < -0.4 is 0 Å². The average Bonchev–Trinajstić information content (AvgIpc) is 2.05. The molecule has 0 bridgehead atoms. The van der Waals surface area contributed by atoms with Crippen LogP contribution in [0.2, 0.25) is 0 Å². The molecule has 0 aliphatic carbocycles. The van der Waals surface area contributed by atoms with Crippen molar-refractivity contribution in [1.29, 1.82) is 0 Å². The summed E-state index contributed by atoms with van der Waals surface area (Å²) in [5, 5.41) is 0. The molecule has 0 saturated heterocycles. The van der Waals surface area contributed by atoms with Crippen molar-refractivity contribution in [3.05, 3.63) is 11.9 Å². The lowest BCUT2D eigenvalue weighted by atomic mass is 10.4. The molecule has 0 atom stereocenters. The number of allylic oxidation sites excluding steroid dienone is 1. The van der Waals surface area contributed by atoms with Crippen LogP contribution in [0.25, 0.3) is 0 Å². The average molecular weight is 138 g/mol. The molecule has 0 aromatic carbocycles. The van der Waals surface area contributed by atoms with Crippen molar-refractivity contribution < 1.29 is 9.59 Å². The summed E-state index contributed by atoms with van der Waals surface area (Å²) in [4.78, 5) is 25.3. The number of aliphatic imine (C=N–C) groups is 1. The summed E-state index contributed by atoms with van der Waals surface area (Å²) in [6, 6.07) is 0. The number of rotatable bonds is 2. The van der Waals surface area contributed by atoms with E-state index in [2.05, 4.69) is 4.99 Å². The summed E-state index contributed by atoms with van der Waals surface area (Å²) in [6.07, 6.45) is 4.17. The second kappa shape index (κ2) is 2.91. The monoisotopic (exact) mass is 138 g/mol. The van der Waals surface area contributed by atoms with E-state index in [1.807, 2.05) is 0 Å². The van der Waals surface area contributed by atoms with Crippen molar-refractivity contribution >= 4 is 18.9 Å². The molecule has 1 heterocycles. The third kappa shape index (κ3) is 1.28. The van der Waals surface area contributed by atoms with E-state index in [-0.39, 0.29) is 5.70 Å². The lowest BCUT2D eigenvalue weighted by Crippen LogP contribution is -2.20. The normalized spacial score (nSPS) is 16.4. The molecule has 1 aliphatic heterocycles. The maximum Gasteiger partial charge on any atom is 0.214 e. The topological polar surface area (TPSA) is 49.7 Å². The van der Waals surface area contributed by atoms with Crippen LogP contribution in [0.5, 0.6) is 0 Å². The van der Waals surface area contributed by atoms with Crippen LogP contribution in [-0.4, -0.2) is 30.4 Å². The van der Waals surface area contributed by atoms with Gasteiger partial charge in [0.05, 0.1) is 6.54 Å². The Bertz CT molecular complexity index is 208. The van der Waals surface area contributed by atoms with E-state index in [9.17, 15) is 9.59 Å². The number of hydrogen-bond donors (Lipinski definition) is 0. The van der Waals surface area contributed by atoms with E-state index >= 15 is 0 Å². The van der Waals surface area contributed by atoms with Gasteiger partial charge in [-0.1, -0.05) is 0 Å². The molecule has 0 saturated carbocycles. The first-order valence-electron chi connectivity index (χ1n) is 2.77. The molecule has 52 valence electrons. The van der Waals surface area contributed by atoms with Gasteiger partial charge >= 0.3 is 0 Å². The third-order valence-corrected chi connectivity index (χ3v) is 1.09. The minimum atomic E-state index is 0.276. The van der Waals surface area contributed by atoms with Crippen LogP contribution in [0.4, 0.5) is 0 Å². The fraction of sp³-hybridized carbons (Fsp3) is 0.167. The largest absolute Gasteiger partial charge is 0.314 e. The van der Waals surface area contributed by atoms with E-state index in [1.165, 1.54) is 17.3 Å². The number of nitrogens with zero attached hydrogens (tertiary/aromatic N) is 2. The molecule has 1 aliphatic rings. The zero-order valence-corrected chi connectivity index (χ0v) is 5.23. The summed E-state index contributed by atoms with van der Waals surface area (Å²) in [5.41, 5.74) is 0.276. The fourth-order valence-electron chi connectivity index (χ4n) is 0.631. The van der Waals surface area contributed by atoms with Gasteiger partial charge in [-0.2, -0.15) is 0 Å². The highest BCUT2D eigenvalue weighted by Crippen LogP contribution is 1.98. The zero-order chi connectivity index (χ0) is 7.40. The Labute approximate surface area is 57.8 Å². The summed E-state index contributed by atoms with van der Waals surface area (Å²) < 4.78 is 0. The fourth-order valence-corrected chi connectivity index (χ4v) is 0.631. The Hall–Kier alpha value is -1.45. The van der Waals surface area contributed by atoms with Gasteiger partial charge in [0.2, 0.25) is 6.41 Å². The highest BCUT2D eigenvalue weighted by molar-refractivity contribution is 5.80. The van der Waals surface area contributed by atoms with Gasteiger partial charge in [0.25, 0.3) is 0 Å². The van der Waals surface area contributed by atoms with Gasteiger partial charge in [0.1, 0.15) is 5.70 Å². The maximum absolute atomic E-state index is 10.1. The highest BCUT2D eigenvalue weighted by atomic mass is 16.1. The Balaban J connectivity index is 2.73. The molecule has 0 unspecified atom stereocenters. The summed E-state index contributed by atoms with van der Waals surface area (Å²) in [6.45, 7) is 0.445. The van der Waals surface area contributed by atoms with E-state index in [0.717, 1.165) is 0 Å². The number of aldehydes is 1. The minimum Gasteiger partial charge on any atom is -0.314 e. The van der Waals surface area contributed by atoms with Gasteiger partial charge in [-0.15, -0.1) is 0 Å². The van der Waals surface area contributed by atoms with Crippen LogP contribution in [0, 0.1) is 0 Å². The second-order valence-electron chi connectivity index (χ2n) is 1.79. The first kappa shape index (κ1) is 6.67. The molecule has 0 fully saturated rings.